The highest BCUT2D eigenvalue weighted by Crippen LogP contribution is 2.40. The van der Waals surface area contributed by atoms with Gasteiger partial charge in [0, 0.05) is 22.5 Å². The van der Waals surface area contributed by atoms with Gasteiger partial charge in [0.05, 0.1) is 6.54 Å². The number of thiazole rings is 1. The summed E-state index contributed by atoms with van der Waals surface area (Å²) in [5.41, 5.74) is 7.62. The number of nitrogens with one attached hydrogen (secondary N) is 1. The summed E-state index contributed by atoms with van der Waals surface area (Å²) in [6.07, 6.45) is 1.62. The number of carboxylic acid groups (broad SMARTS) is 1. The van der Waals surface area contributed by atoms with E-state index in [-0.39, 0.29) is 33.1 Å². The number of thioether (sulfide) groups is 1. The molecule has 0 aliphatic carbocycles. The van der Waals surface area contributed by atoms with Gasteiger partial charge in [-0.1, -0.05) is 38.7 Å². The van der Waals surface area contributed by atoms with Crippen LogP contribution in [0.25, 0.3) is 5.65 Å². The number of nitrogens with two attached hydrogens (primary N) is 1. The summed E-state index contributed by atoms with van der Waals surface area (Å²) in [7, 11) is 1.25. The molecule has 0 bridgehead atoms. The van der Waals surface area contributed by atoms with Gasteiger partial charge in [0.2, 0.25) is 0 Å². The van der Waals surface area contributed by atoms with Crippen LogP contribution in [0.3, 0.4) is 0 Å². The van der Waals surface area contributed by atoms with E-state index < -0.39 is 29.2 Å². The van der Waals surface area contributed by atoms with Gasteiger partial charge in [0.15, 0.2) is 10.8 Å². The number of hydrogen-bond acceptors (Lipinski definition) is 10. The van der Waals surface area contributed by atoms with Crippen LogP contribution in [-0.4, -0.2) is 72.4 Å². The first-order valence-corrected chi connectivity index (χ1v) is 13.0. The standard InChI is InChI=1S/C21H19ClN8O5S2/c1-9-4-3-5-11-28(8-24-30(9)11)6-10-7-36-19-14(18(32)29(19)15(10)20(33)34)25-17(31)13(27-35-2)12-16(22)37-21(23)26-12/h3-5,8,14,19H,6-7H2,1-2H3,(H3-,23,25,26,31,33,34)/p+1/b27-13+. The highest BCUT2D eigenvalue weighted by Gasteiger charge is 2.54. The van der Waals surface area contributed by atoms with Gasteiger partial charge >= 0.3 is 5.97 Å². The van der Waals surface area contributed by atoms with Crippen molar-refractivity contribution in [3.63, 3.8) is 0 Å². The Morgan fingerprint density at radius 1 is 1.43 bits per heavy atom. The molecule has 5 heterocycles. The quantitative estimate of drug-likeness (QED) is 0.159. The van der Waals surface area contributed by atoms with E-state index in [0.717, 1.165) is 22.7 Å². The summed E-state index contributed by atoms with van der Waals surface area (Å²) in [5.74, 6) is -2.19. The zero-order valence-electron chi connectivity index (χ0n) is 19.4. The molecule has 2 aliphatic heterocycles. The summed E-state index contributed by atoms with van der Waals surface area (Å²) in [5, 5.41) is 20.2. The number of carbonyl (C=O) groups is 3. The maximum absolute atomic E-state index is 13.1. The normalized spacial score (nSPS) is 19.6. The van der Waals surface area contributed by atoms with Crippen molar-refractivity contribution in [2.24, 2.45) is 5.16 Å². The van der Waals surface area contributed by atoms with Gasteiger partial charge in [-0.3, -0.25) is 14.5 Å². The Labute approximate surface area is 222 Å². The molecule has 4 N–H and O–H groups in total. The molecule has 5 rings (SSSR count). The molecule has 3 aromatic rings. The van der Waals surface area contributed by atoms with Gasteiger partial charge in [-0.15, -0.1) is 11.8 Å². The van der Waals surface area contributed by atoms with Crippen LogP contribution < -0.4 is 15.6 Å². The number of pyridine rings is 1. The molecule has 13 nitrogen and oxygen atoms in total. The highest BCUT2D eigenvalue weighted by molar-refractivity contribution is 8.00. The molecule has 0 spiro atoms. The zero-order valence-corrected chi connectivity index (χ0v) is 21.8. The van der Waals surface area contributed by atoms with Gasteiger partial charge in [-0.2, -0.15) is 0 Å². The van der Waals surface area contributed by atoms with Gasteiger partial charge in [-0.05, 0) is 13.0 Å². The fraction of sp³-hybridized carbons (Fsp3) is 0.286. The third kappa shape index (κ3) is 4.28. The molecule has 2 amide bonds. The van der Waals surface area contributed by atoms with Crippen molar-refractivity contribution in [3.05, 3.63) is 51.5 Å². The van der Waals surface area contributed by atoms with Crippen LogP contribution in [0, 0.1) is 6.92 Å². The Bertz CT molecular complexity index is 1520. The molecule has 3 aromatic heterocycles. The second-order valence-corrected chi connectivity index (χ2v) is 10.8. The number of carbonyl (C=O) groups excluding carboxylic acids is 2. The molecule has 2 aliphatic rings. The first kappa shape index (κ1) is 25.0. The minimum Gasteiger partial charge on any atom is -0.477 e. The molecular formula is C21H20ClN8O5S2+. The Morgan fingerprint density at radius 3 is 2.89 bits per heavy atom. The number of aryl methyl sites for hydroxylation is 1. The molecular weight excluding hydrogens is 544 g/mol. The molecule has 0 radical (unpaired) electrons. The number of oxime groups is 1. The van der Waals surface area contributed by atoms with Crippen molar-refractivity contribution in [3.8, 4) is 0 Å². The lowest BCUT2D eigenvalue weighted by atomic mass is 10.0. The van der Waals surface area contributed by atoms with E-state index in [1.54, 1.807) is 10.8 Å². The van der Waals surface area contributed by atoms with Crippen LogP contribution in [0.1, 0.15) is 11.4 Å². The number of aliphatic carboxylic acids is 1. The third-order valence-electron chi connectivity index (χ3n) is 5.86. The Hall–Kier alpha value is -3.69. The smallest absolute Gasteiger partial charge is 0.352 e. The summed E-state index contributed by atoms with van der Waals surface area (Å²) in [6.45, 7) is 2.16. The van der Waals surface area contributed by atoms with E-state index in [1.807, 2.05) is 29.7 Å². The number of aromatic nitrogens is 4. The molecule has 1 fully saturated rings. The van der Waals surface area contributed by atoms with Crippen molar-refractivity contribution in [1.82, 2.24) is 24.8 Å². The van der Waals surface area contributed by atoms with Crippen molar-refractivity contribution >= 4 is 69.0 Å². The lowest BCUT2D eigenvalue weighted by Gasteiger charge is -2.49. The third-order valence-corrected chi connectivity index (χ3v) is 8.28. The maximum Gasteiger partial charge on any atom is 0.352 e. The Kier molecular flexibility index (Phi) is 6.51. The second kappa shape index (κ2) is 9.64. The minimum absolute atomic E-state index is 0.0255. The molecule has 2 unspecified atom stereocenters. The number of carboxylic acids is 1. The lowest BCUT2D eigenvalue weighted by Crippen LogP contribution is -2.71. The number of amides is 2. The van der Waals surface area contributed by atoms with Gasteiger partial charge in [0.25, 0.3) is 23.8 Å². The minimum atomic E-state index is -1.22. The molecule has 1 saturated heterocycles. The monoisotopic (exact) mass is 563 g/mol. The van der Waals surface area contributed by atoms with Crippen molar-refractivity contribution < 1.29 is 28.9 Å². The summed E-state index contributed by atoms with van der Waals surface area (Å²) in [4.78, 5) is 48.3. The van der Waals surface area contributed by atoms with Crippen molar-refractivity contribution in [1.29, 1.82) is 0 Å². The van der Waals surface area contributed by atoms with Crippen LogP contribution in [-0.2, 0) is 25.8 Å². The highest BCUT2D eigenvalue weighted by atomic mass is 35.5. The molecule has 192 valence electrons. The number of hydrogen-bond donors (Lipinski definition) is 3. The van der Waals surface area contributed by atoms with E-state index in [1.165, 1.54) is 23.8 Å². The molecule has 37 heavy (non-hydrogen) atoms. The van der Waals surface area contributed by atoms with E-state index in [4.69, 9.17) is 22.2 Å². The summed E-state index contributed by atoms with van der Waals surface area (Å²) >= 11 is 8.43. The number of halogens is 1. The fourth-order valence-corrected chi connectivity index (χ4v) is 6.49. The van der Waals surface area contributed by atoms with Gasteiger partial charge in [0.1, 0.15) is 39.9 Å². The van der Waals surface area contributed by atoms with E-state index >= 15 is 0 Å². The topological polar surface area (TPSA) is 168 Å². The zero-order chi connectivity index (χ0) is 26.4. The van der Waals surface area contributed by atoms with Crippen LogP contribution >= 0.6 is 34.7 Å². The van der Waals surface area contributed by atoms with Crippen molar-refractivity contribution in [2.45, 2.75) is 24.9 Å². The lowest BCUT2D eigenvalue weighted by molar-refractivity contribution is -0.664. The first-order chi connectivity index (χ1) is 17.7. The summed E-state index contributed by atoms with van der Waals surface area (Å²) < 4.78 is 3.71. The maximum atomic E-state index is 13.1. The van der Waals surface area contributed by atoms with E-state index in [9.17, 15) is 19.5 Å². The number of rotatable bonds is 7. The van der Waals surface area contributed by atoms with Crippen molar-refractivity contribution in [2.75, 3.05) is 18.6 Å². The molecule has 2 atom stereocenters. The fourth-order valence-electron chi connectivity index (χ4n) is 4.22. The number of fused-ring (bicyclic) bond motifs is 2. The largest absolute Gasteiger partial charge is 0.477 e. The Balaban J connectivity index is 1.38. The first-order valence-electron chi connectivity index (χ1n) is 10.8. The van der Waals surface area contributed by atoms with Crippen LogP contribution in [0.4, 0.5) is 5.13 Å². The number of anilines is 1. The second-order valence-electron chi connectivity index (χ2n) is 8.11. The predicted octanol–water partition coefficient (Wildman–Crippen LogP) is 0.412. The number of β-lactam (4-membered cyclic amide) rings is 1. The van der Waals surface area contributed by atoms with Crippen LogP contribution in [0.5, 0.6) is 0 Å². The Morgan fingerprint density at radius 2 is 2.22 bits per heavy atom. The predicted molar refractivity (Wildman–Crippen MR) is 135 cm³/mol. The van der Waals surface area contributed by atoms with Gasteiger partial charge in [-0.25, -0.2) is 14.3 Å². The number of nitrogen functional groups attached to an aromatic ring is 1. The number of nitrogens with zero attached hydrogens (tertiary/aromatic N) is 6. The van der Waals surface area contributed by atoms with Crippen LogP contribution in [0.2, 0.25) is 4.34 Å². The molecule has 0 aromatic carbocycles. The van der Waals surface area contributed by atoms with E-state index in [0.29, 0.717) is 11.3 Å². The SMILES string of the molecule is CO/N=C(/C(=O)NC1C(=O)N2C(C(=O)O)=C(C[n+]3cnn4c(C)cccc43)CSC12)c1nc(N)sc1Cl. The van der Waals surface area contributed by atoms with Gasteiger partial charge < -0.3 is 21.0 Å². The molecule has 0 saturated carbocycles. The van der Waals surface area contributed by atoms with Crippen LogP contribution in [0.15, 0.2) is 41.0 Å². The molecule has 16 heteroatoms. The van der Waals surface area contributed by atoms with E-state index in [2.05, 4.69) is 20.6 Å². The average Bonchev–Trinajstić information content (AvgIpc) is 3.43. The average molecular weight is 564 g/mol. The summed E-state index contributed by atoms with van der Waals surface area (Å²) in [6, 6.07) is 4.71.